The molecule has 1 saturated heterocycles. The monoisotopic (exact) mass is 672 g/mol. The van der Waals surface area contributed by atoms with Gasteiger partial charge in [-0.1, -0.05) is 133 Å². The van der Waals surface area contributed by atoms with Gasteiger partial charge in [-0.3, -0.25) is 0 Å². The summed E-state index contributed by atoms with van der Waals surface area (Å²) in [6.07, 6.45) is 0. The molecular weight excluding hydrogens is 635 g/mol. The Labute approximate surface area is 304 Å². The van der Waals surface area contributed by atoms with Crippen LogP contribution in [0.3, 0.4) is 0 Å². The topological polar surface area (TPSA) is 27.7 Å². The summed E-state index contributed by atoms with van der Waals surface area (Å²) in [5.74, 6) is 1.80. The Hall–Kier alpha value is -5.68. The number of hydrogen-bond donors (Lipinski definition) is 0. The average molecular weight is 673 g/mol. The van der Waals surface area contributed by atoms with Crippen LogP contribution < -0.4 is 10.2 Å². The number of benzene rings is 8. The van der Waals surface area contributed by atoms with Gasteiger partial charge in [-0.25, -0.2) is 0 Å². The third kappa shape index (κ3) is 4.68. The molecule has 2 aliphatic rings. The predicted molar refractivity (Wildman–Crippen MR) is 216 cm³/mol. The largest absolute Gasteiger partial charge is 0.494 e. The summed E-state index contributed by atoms with van der Waals surface area (Å²) in [4.78, 5) is 0. The summed E-state index contributed by atoms with van der Waals surface area (Å²) in [7, 11) is -0.458. The molecule has 2 aliphatic heterocycles. The van der Waals surface area contributed by atoms with Crippen LogP contribution in [-0.4, -0.2) is 18.3 Å². The highest BCUT2D eigenvalue weighted by atomic mass is 16.7. The second-order valence-electron chi connectivity index (χ2n) is 15.1. The molecule has 8 aromatic carbocycles. The van der Waals surface area contributed by atoms with Gasteiger partial charge in [-0.2, -0.15) is 0 Å². The summed E-state index contributed by atoms with van der Waals surface area (Å²) in [5, 5.41) is 7.11. The normalized spacial score (nSPS) is 15.6. The second-order valence-corrected chi connectivity index (χ2v) is 15.1. The second kappa shape index (κ2) is 11.4. The molecule has 0 aliphatic carbocycles. The molecule has 0 radical (unpaired) electrons. The lowest BCUT2D eigenvalue weighted by molar-refractivity contribution is 0.00578. The summed E-state index contributed by atoms with van der Waals surface area (Å²) in [5.41, 5.74) is 9.62. The Morgan fingerprint density at radius 2 is 0.981 bits per heavy atom. The highest BCUT2D eigenvalue weighted by Crippen LogP contribution is 2.50. The lowest BCUT2D eigenvalue weighted by Crippen LogP contribution is -2.41. The Balaban J connectivity index is 1.26. The minimum atomic E-state index is -0.458. The molecular formula is C48H37BO3. The van der Waals surface area contributed by atoms with Gasteiger partial charge in [-0.15, -0.1) is 0 Å². The van der Waals surface area contributed by atoms with Crippen molar-refractivity contribution >= 4 is 44.9 Å². The molecule has 52 heavy (non-hydrogen) atoms. The smallest absolute Gasteiger partial charge is 0.456 e. The number of rotatable bonds is 4. The zero-order chi connectivity index (χ0) is 35.2. The van der Waals surface area contributed by atoms with Crippen molar-refractivity contribution in [2.45, 2.75) is 38.9 Å². The molecule has 0 spiro atoms. The van der Waals surface area contributed by atoms with Crippen LogP contribution >= 0.6 is 0 Å². The fourth-order valence-electron chi connectivity index (χ4n) is 8.20. The van der Waals surface area contributed by atoms with Crippen molar-refractivity contribution in [3.8, 4) is 56.0 Å². The maximum atomic E-state index is 6.56. The van der Waals surface area contributed by atoms with Crippen molar-refractivity contribution in [1.29, 1.82) is 0 Å². The van der Waals surface area contributed by atoms with Gasteiger partial charge in [-0.05, 0) is 117 Å². The zero-order valence-corrected chi connectivity index (χ0v) is 29.7. The minimum absolute atomic E-state index is 0.429. The molecule has 0 N–H and O–H groups in total. The molecule has 0 bridgehead atoms. The molecule has 0 saturated carbocycles. The van der Waals surface area contributed by atoms with Crippen LogP contribution in [0.25, 0.3) is 76.8 Å². The van der Waals surface area contributed by atoms with E-state index in [0.717, 1.165) is 27.9 Å². The quantitative estimate of drug-likeness (QED) is 0.138. The van der Waals surface area contributed by atoms with Crippen LogP contribution in [0.5, 0.6) is 11.5 Å². The van der Waals surface area contributed by atoms with Crippen molar-refractivity contribution in [3.63, 3.8) is 0 Å². The summed E-state index contributed by atoms with van der Waals surface area (Å²) < 4.78 is 19.6. The Morgan fingerprint density at radius 1 is 0.404 bits per heavy atom. The zero-order valence-electron chi connectivity index (χ0n) is 29.7. The highest BCUT2D eigenvalue weighted by molar-refractivity contribution is 6.62. The van der Waals surface area contributed by atoms with E-state index in [2.05, 4.69) is 167 Å². The van der Waals surface area contributed by atoms with Gasteiger partial charge in [0, 0.05) is 10.9 Å². The predicted octanol–water partition coefficient (Wildman–Crippen LogP) is 12.2. The van der Waals surface area contributed by atoms with Gasteiger partial charge in [0.2, 0.25) is 0 Å². The Bertz CT molecular complexity index is 2700. The minimum Gasteiger partial charge on any atom is -0.456 e. The summed E-state index contributed by atoms with van der Waals surface area (Å²) >= 11 is 0. The number of hydrogen-bond acceptors (Lipinski definition) is 3. The molecule has 8 aromatic rings. The van der Waals surface area contributed by atoms with Crippen LogP contribution in [0, 0.1) is 0 Å². The van der Waals surface area contributed by atoms with Gasteiger partial charge in [0.15, 0.2) is 0 Å². The van der Waals surface area contributed by atoms with Crippen molar-refractivity contribution < 1.29 is 14.0 Å². The molecule has 0 atom stereocenters. The first-order valence-corrected chi connectivity index (χ1v) is 18.1. The molecule has 250 valence electrons. The first-order chi connectivity index (χ1) is 25.3. The van der Waals surface area contributed by atoms with Gasteiger partial charge in [0.1, 0.15) is 11.5 Å². The van der Waals surface area contributed by atoms with Gasteiger partial charge in [0.05, 0.1) is 11.2 Å². The summed E-state index contributed by atoms with van der Waals surface area (Å²) in [6, 6.07) is 54.6. The Kier molecular flexibility index (Phi) is 6.83. The van der Waals surface area contributed by atoms with Crippen molar-refractivity contribution in [2.24, 2.45) is 0 Å². The molecule has 0 unspecified atom stereocenters. The fraction of sp³-hybridized carbons (Fsp3) is 0.125. The molecule has 2 heterocycles. The molecule has 3 nitrogen and oxygen atoms in total. The van der Waals surface area contributed by atoms with E-state index >= 15 is 0 Å². The van der Waals surface area contributed by atoms with E-state index in [-0.39, 0.29) is 0 Å². The number of ether oxygens (including phenoxy) is 1. The van der Waals surface area contributed by atoms with Crippen molar-refractivity contribution in [1.82, 2.24) is 0 Å². The van der Waals surface area contributed by atoms with Crippen LogP contribution in [0.2, 0.25) is 0 Å². The standard InChI is InChI=1S/C48H37BO3/c1-47(2)48(3,4)52-49(51-47)33-23-25-39-41(29-33)45(31-16-9-6-10-17-31)38-24-22-32(28-40(38)44(39)30-14-7-5-8-15-30)34-26-27-37-35-18-11-12-20-42(35)50-43-21-13-19-36(34)46(37)43/h5-29H,1-4H3. The molecule has 0 aromatic heterocycles. The fourth-order valence-corrected chi connectivity index (χ4v) is 8.20. The van der Waals surface area contributed by atoms with Crippen molar-refractivity contribution in [2.75, 3.05) is 0 Å². The maximum absolute atomic E-state index is 6.56. The molecule has 0 amide bonds. The van der Waals surface area contributed by atoms with E-state index in [9.17, 15) is 0 Å². The number of para-hydroxylation sites is 1. The first-order valence-electron chi connectivity index (χ1n) is 18.1. The SMILES string of the molecule is CC1(C)OB(c2ccc3c(-c4ccccc4)c4cc(-c5ccc6c7c(cccc57)Oc5ccccc5-6)ccc4c(-c4ccccc4)c3c2)OC1(C)C. The van der Waals surface area contributed by atoms with Gasteiger partial charge < -0.3 is 14.0 Å². The van der Waals surface area contributed by atoms with E-state index < -0.39 is 18.3 Å². The average Bonchev–Trinajstić information content (AvgIpc) is 3.39. The molecule has 1 fully saturated rings. The first kappa shape index (κ1) is 31.1. The van der Waals surface area contributed by atoms with Crippen LogP contribution in [0.1, 0.15) is 27.7 Å². The molecule has 4 heteroatoms. The maximum Gasteiger partial charge on any atom is 0.494 e. The third-order valence-corrected chi connectivity index (χ3v) is 11.5. The van der Waals surface area contributed by atoms with Crippen LogP contribution in [0.15, 0.2) is 152 Å². The van der Waals surface area contributed by atoms with E-state index in [0.29, 0.717) is 0 Å². The third-order valence-electron chi connectivity index (χ3n) is 11.5. The van der Waals surface area contributed by atoms with Crippen molar-refractivity contribution in [3.05, 3.63) is 152 Å². The Morgan fingerprint density at radius 3 is 1.67 bits per heavy atom. The van der Waals surface area contributed by atoms with E-state index in [1.807, 2.05) is 12.1 Å². The van der Waals surface area contributed by atoms with E-state index in [1.54, 1.807) is 0 Å². The van der Waals surface area contributed by atoms with E-state index in [4.69, 9.17) is 14.0 Å². The molecule has 10 rings (SSSR count). The van der Waals surface area contributed by atoms with Crippen LogP contribution in [-0.2, 0) is 9.31 Å². The lowest BCUT2D eigenvalue weighted by Gasteiger charge is -2.32. The lowest BCUT2D eigenvalue weighted by atomic mass is 9.76. The van der Waals surface area contributed by atoms with Gasteiger partial charge in [0.25, 0.3) is 0 Å². The van der Waals surface area contributed by atoms with E-state index in [1.165, 1.54) is 65.9 Å². The van der Waals surface area contributed by atoms with Gasteiger partial charge >= 0.3 is 7.12 Å². The highest BCUT2D eigenvalue weighted by Gasteiger charge is 2.51. The summed E-state index contributed by atoms with van der Waals surface area (Å²) in [6.45, 7) is 8.43. The number of fused-ring (bicyclic) bond motifs is 4. The van der Waals surface area contributed by atoms with Crippen LogP contribution in [0.4, 0.5) is 0 Å².